The molecule has 3 rings (SSSR count). The lowest BCUT2D eigenvalue weighted by molar-refractivity contribution is 0.475. The minimum atomic E-state index is 0.222. The van der Waals surface area contributed by atoms with Gasteiger partial charge in [-0.05, 0) is 42.5 Å². The number of phenolic OH excluding ortho intramolecular Hbond substituents is 1. The van der Waals surface area contributed by atoms with Gasteiger partial charge in [0.15, 0.2) is 0 Å². The number of nitrogens with zero attached hydrogens (tertiary/aromatic N) is 1. The van der Waals surface area contributed by atoms with Crippen LogP contribution in [-0.2, 0) is 12.8 Å². The van der Waals surface area contributed by atoms with Crippen LogP contribution in [0.1, 0.15) is 23.2 Å². The predicted octanol–water partition coefficient (Wildman–Crippen LogP) is 3.48. The van der Waals surface area contributed by atoms with Crippen LogP contribution in [0.5, 0.6) is 5.75 Å². The molecule has 94 valence electrons. The van der Waals surface area contributed by atoms with E-state index < -0.39 is 0 Å². The number of hydrogen-bond donors (Lipinski definition) is 2. The molecule has 0 atom stereocenters. The third kappa shape index (κ3) is 1.92. The summed E-state index contributed by atoms with van der Waals surface area (Å²) in [5.41, 5.74) is 4.73. The number of aromatic nitrogens is 1. The monoisotopic (exact) mass is 268 g/mol. The van der Waals surface area contributed by atoms with Gasteiger partial charge in [-0.15, -0.1) is 0 Å². The Labute approximate surface area is 116 Å². The first-order valence-electron chi connectivity index (χ1n) is 6.18. The zero-order valence-corrected chi connectivity index (χ0v) is 11.0. The third-order valence-corrected chi connectivity index (χ3v) is 3.84. The maximum absolute atomic E-state index is 9.39. The molecule has 0 radical (unpaired) electrons. The van der Waals surface area contributed by atoms with Crippen molar-refractivity contribution in [2.45, 2.75) is 19.3 Å². The highest BCUT2D eigenvalue weighted by atomic mass is 32.1. The second kappa shape index (κ2) is 4.52. The van der Waals surface area contributed by atoms with Gasteiger partial charge in [0.1, 0.15) is 16.5 Å². The van der Waals surface area contributed by atoms with Gasteiger partial charge in [0.25, 0.3) is 0 Å². The zero-order chi connectivity index (χ0) is 13.4. The van der Waals surface area contributed by atoms with E-state index in [1.54, 1.807) is 12.1 Å². The number of aromatic amines is 1. The van der Waals surface area contributed by atoms with Gasteiger partial charge >= 0.3 is 0 Å². The lowest BCUT2D eigenvalue weighted by Crippen LogP contribution is -1.98. The highest BCUT2D eigenvalue weighted by Gasteiger charge is 2.20. The number of nitriles is 1. The average molecular weight is 268 g/mol. The third-order valence-electron chi connectivity index (χ3n) is 3.53. The summed E-state index contributed by atoms with van der Waals surface area (Å²) in [6.07, 6.45) is 3.03. The molecule has 1 heterocycles. The van der Waals surface area contributed by atoms with Gasteiger partial charge in [0.05, 0.1) is 5.56 Å². The van der Waals surface area contributed by atoms with Crippen LogP contribution in [0.25, 0.3) is 11.1 Å². The van der Waals surface area contributed by atoms with Crippen molar-refractivity contribution in [2.75, 3.05) is 0 Å². The van der Waals surface area contributed by atoms with Crippen LogP contribution in [-0.4, -0.2) is 10.1 Å². The molecule has 4 heteroatoms. The number of rotatable bonds is 1. The summed E-state index contributed by atoms with van der Waals surface area (Å²) in [7, 11) is 0. The Hall–Kier alpha value is -2.12. The first-order valence-corrected chi connectivity index (χ1v) is 6.59. The molecule has 2 aromatic rings. The standard InChI is InChI=1S/C15H12N2OS/c16-8-12-14(9-4-6-10(18)7-5-9)11-2-1-3-13(11)17-15(12)19/h4-7,18H,1-3H2,(H,17,19). The van der Waals surface area contributed by atoms with Crippen molar-refractivity contribution in [1.29, 1.82) is 5.26 Å². The topological polar surface area (TPSA) is 59.8 Å². The first kappa shape index (κ1) is 11.9. The van der Waals surface area contributed by atoms with E-state index in [2.05, 4.69) is 11.1 Å². The quantitative estimate of drug-likeness (QED) is 0.778. The van der Waals surface area contributed by atoms with Gasteiger partial charge in [0.2, 0.25) is 0 Å². The summed E-state index contributed by atoms with van der Waals surface area (Å²) >= 11 is 5.28. The molecular formula is C15H12N2OS. The number of hydrogen-bond acceptors (Lipinski definition) is 3. The Balaban J connectivity index is 2.34. The fraction of sp³-hybridized carbons (Fsp3) is 0.200. The number of pyridine rings is 1. The van der Waals surface area contributed by atoms with Crippen LogP contribution < -0.4 is 0 Å². The average Bonchev–Trinajstić information content (AvgIpc) is 2.86. The molecule has 0 saturated heterocycles. The molecule has 1 aromatic carbocycles. The Morgan fingerprint density at radius 3 is 2.63 bits per heavy atom. The molecule has 0 bridgehead atoms. The molecule has 1 aliphatic rings. The molecular weight excluding hydrogens is 256 g/mol. The van der Waals surface area contributed by atoms with Gasteiger partial charge in [-0.3, -0.25) is 0 Å². The Morgan fingerprint density at radius 1 is 1.21 bits per heavy atom. The van der Waals surface area contributed by atoms with E-state index in [1.165, 1.54) is 5.56 Å². The summed E-state index contributed by atoms with van der Waals surface area (Å²) in [6, 6.07) is 9.15. The molecule has 0 unspecified atom stereocenters. The van der Waals surface area contributed by atoms with E-state index in [1.807, 2.05) is 12.1 Å². The fourth-order valence-corrected chi connectivity index (χ4v) is 2.95. The number of H-pyrrole nitrogens is 1. The fourth-order valence-electron chi connectivity index (χ4n) is 2.67. The van der Waals surface area contributed by atoms with E-state index >= 15 is 0 Å². The smallest absolute Gasteiger partial charge is 0.122 e. The highest BCUT2D eigenvalue weighted by Crippen LogP contribution is 2.35. The molecule has 0 aliphatic heterocycles. The van der Waals surface area contributed by atoms with Crippen molar-refractivity contribution in [3.05, 3.63) is 45.7 Å². The zero-order valence-electron chi connectivity index (χ0n) is 10.2. The summed E-state index contributed by atoms with van der Waals surface area (Å²) < 4.78 is 0.506. The van der Waals surface area contributed by atoms with Crippen LogP contribution in [0.15, 0.2) is 24.3 Å². The van der Waals surface area contributed by atoms with Crippen molar-refractivity contribution in [1.82, 2.24) is 4.98 Å². The lowest BCUT2D eigenvalue weighted by Gasteiger charge is -2.11. The second-order valence-electron chi connectivity index (χ2n) is 4.67. The SMILES string of the molecule is N#Cc1c(-c2ccc(O)cc2)c2c([nH]c1=S)CCC2. The molecule has 3 nitrogen and oxygen atoms in total. The van der Waals surface area contributed by atoms with Crippen molar-refractivity contribution in [3.63, 3.8) is 0 Å². The molecule has 0 spiro atoms. The summed E-state index contributed by atoms with van der Waals surface area (Å²) in [6.45, 7) is 0. The summed E-state index contributed by atoms with van der Waals surface area (Å²) in [4.78, 5) is 3.17. The molecule has 1 aliphatic carbocycles. The van der Waals surface area contributed by atoms with Gasteiger partial charge < -0.3 is 10.1 Å². The minimum Gasteiger partial charge on any atom is -0.508 e. The van der Waals surface area contributed by atoms with E-state index in [0.29, 0.717) is 10.2 Å². The Morgan fingerprint density at radius 2 is 1.95 bits per heavy atom. The normalized spacial score (nSPS) is 13.0. The van der Waals surface area contributed by atoms with Gasteiger partial charge in [-0.25, -0.2) is 0 Å². The molecule has 0 saturated carbocycles. The summed E-state index contributed by atoms with van der Waals surface area (Å²) in [5.74, 6) is 0.222. The van der Waals surface area contributed by atoms with Crippen LogP contribution >= 0.6 is 12.2 Å². The van der Waals surface area contributed by atoms with Gasteiger partial charge in [0, 0.05) is 11.3 Å². The number of phenols is 1. The number of aryl methyl sites for hydroxylation is 1. The van der Waals surface area contributed by atoms with E-state index in [9.17, 15) is 10.4 Å². The second-order valence-corrected chi connectivity index (χ2v) is 5.08. The lowest BCUT2D eigenvalue weighted by atomic mass is 9.95. The Bertz CT molecular complexity index is 738. The van der Waals surface area contributed by atoms with Crippen molar-refractivity contribution in [2.24, 2.45) is 0 Å². The maximum Gasteiger partial charge on any atom is 0.122 e. The van der Waals surface area contributed by atoms with E-state index in [0.717, 1.165) is 36.1 Å². The molecule has 2 N–H and O–H groups in total. The van der Waals surface area contributed by atoms with Gasteiger partial charge in [-0.1, -0.05) is 24.4 Å². The molecule has 0 amide bonds. The van der Waals surface area contributed by atoms with Gasteiger partial charge in [-0.2, -0.15) is 5.26 Å². The van der Waals surface area contributed by atoms with Crippen LogP contribution in [0.4, 0.5) is 0 Å². The number of nitrogens with one attached hydrogen (secondary N) is 1. The minimum absolute atomic E-state index is 0.222. The maximum atomic E-state index is 9.39. The van der Waals surface area contributed by atoms with Crippen LogP contribution in [0.2, 0.25) is 0 Å². The molecule has 0 fully saturated rings. The predicted molar refractivity (Wildman–Crippen MR) is 75.5 cm³/mol. The van der Waals surface area contributed by atoms with E-state index in [4.69, 9.17) is 12.2 Å². The molecule has 1 aromatic heterocycles. The van der Waals surface area contributed by atoms with Crippen molar-refractivity contribution < 1.29 is 5.11 Å². The first-order chi connectivity index (χ1) is 9.20. The van der Waals surface area contributed by atoms with Crippen LogP contribution in [0.3, 0.4) is 0 Å². The molecule has 19 heavy (non-hydrogen) atoms. The Kier molecular flexibility index (Phi) is 2.84. The van der Waals surface area contributed by atoms with Crippen molar-refractivity contribution in [3.8, 4) is 22.9 Å². The number of aromatic hydroxyl groups is 1. The number of benzene rings is 1. The largest absolute Gasteiger partial charge is 0.508 e. The number of fused-ring (bicyclic) bond motifs is 1. The highest BCUT2D eigenvalue weighted by molar-refractivity contribution is 7.71. The summed E-state index contributed by atoms with van der Waals surface area (Å²) in [5, 5.41) is 18.7. The van der Waals surface area contributed by atoms with Crippen molar-refractivity contribution >= 4 is 12.2 Å². The van der Waals surface area contributed by atoms with E-state index in [-0.39, 0.29) is 5.75 Å². The van der Waals surface area contributed by atoms with Crippen LogP contribution in [0, 0.1) is 16.0 Å².